The molecule has 7 aromatic carbocycles. The molecule has 1 aromatic heterocycles. The molecule has 0 radical (unpaired) electrons. The van der Waals surface area contributed by atoms with Crippen molar-refractivity contribution in [3.05, 3.63) is 133 Å². The molecule has 1 heterocycles. The van der Waals surface area contributed by atoms with Crippen LogP contribution in [0.3, 0.4) is 0 Å². The van der Waals surface area contributed by atoms with E-state index in [9.17, 15) is 6.85 Å². The summed E-state index contributed by atoms with van der Waals surface area (Å²) in [7, 11) is 0. The minimum absolute atomic E-state index is 0.0157. The normalized spacial score (nSPS) is 17.5. The lowest BCUT2D eigenvalue weighted by Crippen LogP contribution is -1.90. The molecule has 0 aliphatic carbocycles. The van der Waals surface area contributed by atoms with Gasteiger partial charge in [-0.2, -0.15) is 0 Å². The monoisotopic (exact) mass is 485 g/mol. The van der Waals surface area contributed by atoms with Crippen LogP contribution in [0.5, 0.6) is 0 Å². The van der Waals surface area contributed by atoms with Gasteiger partial charge in [-0.1, -0.05) is 109 Å². The lowest BCUT2D eigenvalue weighted by molar-refractivity contribution is 0.669. The number of rotatable bonds is 2. The molecule has 0 aliphatic heterocycles. The highest BCUT2D eigenvalue weighted by Crippen LogP contribution is 2.45. The predicted octanol–water partition coefficient (Wildman–Crippen LogP) is 10.4. The van der Waals surface area contributed by atoms with Gasteiger partial charge in [0, 0.05) is 10.8 Å². The highest BCUT2D eigenvalue weighted by Gasteiger charge is 2.17. The molecule has 0 saturated carbocycles. The SMILES string of the molecule is [2H]c1c([2H])c([2H])c2c([2H])c(-c3c4c([2H])c([2H])c([2H])c([2H])c4c(-c4ccc5c(c4)oc4ccccc45)c4c([2H])c([2H])c([2H])c([2H])c34)c([2H])c([2H])c2c1[2H]. The number of hydrogen-bond acceptors (Lipinski definition) is 1. The molecule has 1 heteroatoms. The molecule has 1 nitrogen and oxygen atoms in total. The fourth-order valence-corrected chi connectivity index (χ4v) is 4.95. The molecule has 8 aromatic rings. The Hall–Kier alpha value is -4.88. The first-order valence-corrected chi connectivity index (χ1v) is 11.5. The second kappa shape index (κ2) is 7.81. The summed E-state index contributed by atoms with van der Waals surface area (Å²) in [4.78, 5) is 0. The molecule has 0 N–H and O–H groups in total. The highest BCUT2D eigenvalue weighted by molar-refractivity contribution is 6.22. The van der Waals surface area contributed by atoms with Gasteiger partial charge in [-0.05, 0) is 78.8 Å². The molecule has 8 rings (SSSR count). The quantitative estimate of drug-likeness (QED) is 0.222. The van der Waals surface area contributed by atoms with E-state index < -0.39 is 107 Å². The van der Waals surface area contributed by atoms with Crippen LogP contribution in [-0.4, -0.2) is 0 Å². The van der Waals surface area contributed by atoms with Crippen LogP contribution in [-0.2, 0) is 0 Å². The van der Waals surface area contributed by atoms with Crippen LogP contribution in [0.25, 0.3) is 76.5 Å². The Balaban J connectivity index is 1.69. The summed E-state index contributed by atoms with van der Waals surface area (Å²) in [5, 5.41) is -0.264. The van der Waals surface area contributed by atoms with Crippen LogP contribution in [0.15, 0.2) is 138 Å². The van der Waals surface area contributed by atoms with Gasteiger partial charge in [-0.15, -0.1) is 0 Å². The van der Waals surface area contributed by atoms with Crippen molar-refractivity contribution in [2.75, 3.05) is 0 Å². The Kier molecular flexibility index (Phi) is 2.24. The standard InChI is InChI=1S/C36H22O/c1-2-10-24-21-25(18-17-23(24)9-1)35-29-12-3-5-14-31(29)36(32-15-6-4-13-30(32)35)26-19-20-28-27-11-7-8-16-33(27)37-34(28)22-26/h1-22H/i1D,2D,3D,4D,5D,6D,9D,10D,12D,13D,14D,15D,17D,18D,21D. The maximum absolute atomic E-state index is 9.32. The van der Waals surface area contributed by atoms with Crippen LogP contribution >= 0.6 is 0 Å². The number of hydrogen-bond donors (Lipinski definition) is 0. The van der Waals surface area contributed by atoms with Crippen LogP contribution < -0.4 is 0 Å². The zero-order valence-corrected chi connectivity index (χ0v) is 18.9. The molecule has 0 atom stereocenters. The largest absolute Gasteiger partial charge is 0.456 e. The summed E-state index contributed by atoms with van der Waals surface area (Å²) >= 11 is 0. The topological polar surface area (TPSA) is 13.1 Å². The van der Waals surface area contributed by atoms with E-state index in [0.29, 0.717) is 11.2 Å². The van der Waals surface area contributed by atoms with E-state index >= 15 is 0 Å². The van der Waals surface area contributed by atoms with Crippen molar-refractivity contribution in [2.24, 2.45) is 0 Å². The Morgan fingerprint density at radius 1 is 0.459 bits per heavy atom. The fourth-order valence-electron chi connectivity index (χ4n) is 4.95. The average Bonchev–Trinajstić information content (AvgIpc) is 3.51. The Labute approximate surface area is 235 Å². The van der Waals surface area contributed by atoms with Crippen molar-refractivity contribution < 1.29 is 25.0 Å². The van der Waals surface area contributed by atoms with Crippen molar-refractivity contribution in [2.45, 2.75) is 0 Å². The molecular weight excluding hydrogens is 448 g/mol. The van der Waals surface area contributed by atoms with Gasteiger partial charge < -0.3 is 4.42 Å². The number of benzene rings is 7. The molecular formula is C36H22O. The second-order valence-electron chi connectivity index (χ2n) is 8.56. The third kappa shape index (κ3) is 3.04. The summed E-state index contributed by atoms with van der Waals surface area (Å²) in [6.07, 6.45) is 0. The Morgan fingerprint density at radius 3 is 1.78 bits per heavy atom. The van der Waals surface area contributed by atoms with Crippen LogP contribution in [0, 0.1) is 0 Å². The maximum atomic E-state index is 9.32. The third-order valence-corrected chi connectivity index (χ3v) is 6.54. The third-order valence-electron chi connectivity index (χ3n) is 6.54. The van der Waals surface area contributed by atoms with Crippen molar-refractivity contribution in [1.29, 1.82) is 0 Å². The van der Waals surface area contributed by atoms with Gasteiger partial charge in [0.25, 0.3) is 0 Å². The summed E-state index contributed by atoms with van der Waals surface area (Å²) < 4.78 is 138. The molecule has 0 saturated heterocycles. The molecule has 0 unspecified atom stereocenters. The zero-order chi connectivity index (χ0) is 37.4. The molecule has 37 heavy (non-hydrogen) atoms. The van der Waals surface area contributed by atoms with Crippen molar-refractivity contribution in [3.63, 3.8) is 0 Å². The summed E-state index contributed by atoms with van der Waals surface area (Å²) in [5.41, 5.74) is 0.420. The van der Waals surface area contributed by atoms with Gasteiger partial charge in [0.05, 0.1) is 20.6 Å². The summed E-state index contributed by atoms with van der Waals surface area (Å²) in [6.45, 7) is 0. The van der Waals surface area contributed by atoms with Crippen molar-refractivity contribution in [1.82, 2.24) is 0 Å². The van der Waals surface area contributed by atoms with E-state index in [-0.39, 0.29) is 38.2 Å². The molecule has 0 aliphatic rings. The van der Waals surface area contributed by atoms with E-state index in [1.54, 1.807) is 30.3 Å². The first-order valence-electron chi connectivity index (χ1n) is 19.0. The van der Waals surface area contributed by atoms with Gasteiger partial charge in [0.15, 0.2) is 0 Å². The van der Waals surface area contributed by atoms with Crippen LogP contribution in [0.1, 0.15) is 20.6 Å². The van der Waals surface area contributed by atoms with Gasteiger partial charge in [0.1, 0.15) is 11.2 Å². The van der Waals surface area contributed by atoms with E-state index in [1.807, 2.05) is 12.1 Å². The van der Waals surface area contributed by atoms with E-state index in [4.69, 9.17) is 18.1 Å². The smallest absolute Gasteiger partial charge is 0.136 e. The van der Waals surface area contributed by atoms with Crippen molar-refractivity contribution >= 4 is 54.3 Å². The molecule has 0 fully saturated rings. The van der Waals surface area contributed by atoms with Gasteiger partial charge in [0.2, 0.25) is 0 Å². The fraction of sp³-hybridized carbons (Fsp3) is 0. The second-order valence-corrected chi connectivity index (χ2v) is 8.56. The first kappa shape index (κ1) is 10.6. The average molecular weight is 486 g/mol. The Morgan fingerprint density at radius 2 is 1.05 bits per heavy atom. The zero-order valence-electron chi connectivity index (χ0n) is 33.9. The minimum Gasteiger partial charge on any atom is -0.456 e. The van der Waals surface area contributed by atoms with Gasteiger partial charge in [-0.3, -0.25) is 0 Å². The van der Waals surface area contributed by atoms with Crippen LogP contribution in [0.4, 0.5) is 0 Å². The van der Waals surface area contributed by atoms with Gasteiger partial charge >= 0.3 is 0 Å². The lowest BCUT2D eigenvalue weighted by Gasteiger charge is -2.18. The minimum atomic E-state index is -0.735. The molecule has 0 amide bonds. The number of para-hydroxylation sites is 1. The van der Waals surface area contributed by atoms with E-state index in [1.165, 1.54) is 0 Å². The number of furan rings is 1. The van der Waals surface area contributed by atoms with Crippen molar-refractivity contribution in [3.8, 4) is 22.3 Å². The maximum Gasteiger partial charge on any atom is 0.136 e. The molecule has 0 spiro atoms. The molecule has 172 valence electrons. The Bertz CT molecular complexity index is 2890. The highest BCUT2D eigenvalue weighted by atomic mass is 16.3. The summed E-state index contributed by atoms with van der Waals surface area (Å²) in [6, 6.07) is 2.35. The lowest BCUT2D eigenvalue weighted by atomic mass is 9.85. The first-order chi connectivity index (χ1) is 24.6. The van der Waals surface area contributed by atoms with Gasteiger partial charge in [-0.25, -0.2) is 0 Å². The van der Waals surface area contributed by atoms with E-state index in [0.717, 1.165) is 10.8 Å². The number of fused-ring (bicyclic) bond motifs is 6. The summed E-state index contributed by atoms with van der Waals surface area (Å²) in [5.74, 6) is 0. The predicted molar refractivity (Wildman–Crippen MR) is 157 cm³/mol. The van der Waals surface area contributed by atoms with Crippen LogP contribution in [0.2, 0.25) is 0 Å². The molecule has 0 bridgehead atoms. The van der Waals surface area contributed by atoms with E-state index in [2.05, 4.69) is 0 Å².